The number of carbonyl (C=O) groups is 2. The molecule has 1 heterocycles. The van der Waals surface area contributed by atoms with Crippen LogP contribution in [0.15, 0.2) is 59.5 Å². The molecular weight excluding hydrogens is 479 g/mol. The van der Waals surface area contributed by atoms with Crippen molar-refractivity contribution >= 4 is 17.7 Å². The van der Waals surface area contributed by atoms with E-state index >= 15 is 0 Å². The van der Waals surface area contributed by atoms with Crippen LogP contribution in [0.4, 0.5) is 14.9 Å². The average Bonchev–Trinajstić information content (AvgIpc) is 2.78. The Hall–Kier alpha value is -2.34. The van der Waals surface area contributed by atoms with E-state index in [0.717, 1.165) is 16.7 Å². The topological polar surface area (TPSA) is 136 Å². The van der Waals surface area contributed by atoms with E-state index in [0.29, 0.717) is 16.9 Å². The molecule has 35 heavy (non-hydrogen) atoms. The summed E-state index contributed by atoms with van der Waals surface area (Å²) in [7, 11) is 2.89. The van der Waals surface area contributed by atoms with Crippen molar-refractivity contribution in [3.8, 4) is 22.6 Å². The fourth-order valence-electron chi connectivity index (χ4n) is 3.24. The first-order valence-corrected chi connectivity index (χ1v) is 9.77. The first kappa shape index (κ1) is 30.7. The van der Waals surface area contributed by atoms with Crippen LogP contribution in [0.5, 0.6) is 11.5 Å². The molecule has 172 valence electrons. The van der Waals surface area contributed by atoms with Gasteiger partial charge in [-0.05, 0) is 47.0 Å². The predicted molar refractivity (Wildman–Crippen MR) is 114 cm³/mol. The van der Waals surface area contributed by atoms with E-state index in [1.807, 2.05) is 0 Å². The maximum Gasteiger partial charge on any atom is 1.00 e. The number of ether oxygens (including phenoxy) is 1. The third-order valence-electron chi connectivity index (χ3n) is 4.87. The van der Waals surface area contributed by atoms with Gasteiger partial charge in [-0.1, -0.05) is 23.9 Å². The zero-order valence-corrected chi connectivity index (χ0v) is 23.8. The first-order valence-electron chi connectivity index (χ1n) is 9.77. The van der Waals surface area contributed by atoms with Crippen molar-refractivity contribution in [2.24, 2.45) is 7.05 Å². The number of carboxylic acid groups (broad SMARTS) is 1. The maximum atomic E-state index is 14.4. The normalized spacial score (nSPS) is 10.8. The van der Waals surface area contributed by atoms with Crippen LogP contribution in [0.1, 0.15) is 18.0 Å². The van der Waals surface area contributed by atoms with Crippen LogP contribution < -0.4 is 90.3 Å². The molecule has 2 N–H and O–H groups in total. The van der Waals surface area contributed by atoms with Gasteiger partial charge in [0.2, 0.25) is 0 Å². The number of methoxy groups -OCH3 is 1. The fraction of sp³-hybridized carbons (Fsp3) is 0.174. The summed E-state index contributed by atoms with van der Waals surface area (Å²) in [5.74, 6) is -2.32. The number of carbonyl (C=O) groups excluding carboxylic acids is 2. The molecule has 0 unspecified atom stereocenters. The minimum Gasteiger partial charge on any atom is -0.871 e. The van der Waals surface area contributed by atoms with Gasteiger partial charge in [0.1, 0.15) is 17.3 Å². The predicted octanol–water partition coefficient (Wildman–Crippen LogP) is -4.72. The molecule has 2 amide bonds. The van der Waals surface area contributed by atoms with E-state index in [1.54, 1.807) is 24.3 Å². The Morgan fingerprint density at radius 2 is 1.83 bits per heavy atom. The van der Waals surface area contributed by atoms with Crippen molar-refractivity contribution in [2.75, 3.05) is 12.4 Å². The molecule has 3 rings (SSSR count). The Balaban J connectivity index is 0.00000306. The van der Waals surface area contributed by atoms with Gasteiger partial charge in [-0.3, -0.25) is 4.79 Å². The van der Waals surface area contributed by atoms with E-state index in [2.05, 4.69) is 10.6 Å². The molecule has 12 heteroatoms. The first-order chi connectivity index (χ1) is 15.7. The molecule has 0 aliphatic carbocycles. The molecule has 0 radical (unpaired) electrons. The standard InChI is InChI=1S/C23H22FN3O6.2Na/c1-27-7-6-19(28)21(22(27)31)26-23(32)25-18(12-20(29)30)15-8-14(9-16(24)10-15)13-4-3-5-17(11-13)33-2;;/h3-11,18,28H,12H2,1-2H3,(H,29,30)(H2,25,26,32);;/q;2*+1/p-2/t18-;;/m0../s1. The summed E-state index contributed by atoms with van der Waals surface area (Å²) < 4.78 is 20.7. The molecule has 1 aromatic heterocycles. The molecule has 0 bridgehead atoms. The molecule has 0 fully saturated rings. The van der Waals surface area contributed by atoms with Gasteiger partial charge >= 0.3 is 65.1 Å². The quantitative estimate of drug-likeness (QED) is 0.314. The molecule has 2 aromatic carbocycles. The van der Waals surface area contributed by atoms with Crippen LogP contribution in [-0.4, -0.2) is 23.7 Å². The van der Waals surface area contributed by atoms with Gasteiger partial charge in [0.15, 0.2) is 0 Å². The molecule has 0 aliphatic heterocycles. The number of aliphatic carboxylic acids is 1. The van der Waals surface area contributed by atoms with E-state index in [-0.39, 0.29) is 64.7 Å². The van der Waals surface area contributed by atoms with Crippen LogP contribution in [0, 0.1) is 5.82 Å². The van der Waals surface area contributed by atoms with Gasteiger partial charge in [0.05, 0.1) is 13.2 Å². The number of hydrogen-bond acceptors (Lipinski definition) is 6. The van der Waals surface area contributed by atoms with Crippen LogP contribution in [0.2, 0.25) is 0 Å². The zero-order chi connectivity index (χ0) is 24.1. The van der Waals surface area contributed by atoms with Gasteiger partial charge in [0, 0.05) is 25.6 Å². The Labute approximate surface area is 244 Å². The number of anilines is 1. The summed E-state index contributed by atoms with van der Waals surface area (Å²) in [6, 6.07) is 9.56. The molecular formula is C23H20FN3Na2O6. The van der Waals surface area contributed by atoms with Crippen LogP contribution in [0.25, 0.3) is 11.1 Å². The minimum atomic E-state index is -1.49. The fourth-order valence-corrected chi connectivity index (χ4v) is 3.24. The Kier molecular flexibility index (Phi) is 12.0. The van der Waals surface area contributed by atoms with Crippen LogP contribution in [-0.2, 0) is 11.8 Å². The second-order valence-corrected chi connectivity index (χ2v) is 7.20. The average molecular weight is 499 g/mol. The molecule has 0 aliphatic rings. The summed E-state index contributed by atoms with van der Waals surface area (Å²) in [6.07, 6.45) is 0.574. The summed E-state index contributed by atoms with van der Waals surface area (Å²) in [4.78, 5) is 35.9. The summed E-state index contributed by atoms with van der Waals surface area (Å²) in [5.41, 5.74) is -0.0552. The number of halogens is 1. The molecule has 1 atom stereocenters. The third kappa shape index (κ3) is 8.09. The van der Waals surface area contributed by atoms with Gasteiger partial charge in [-0.15, -0.1) is 0 Å². The monoisotopic (exact) mass is 499 g/mol. The van der Waals surface area contributed by atoms with Crippen molar-refractivity contribution in [1.82, 2.24) is 9.88 Å². The number of hydrogen-bond donors (Lipinski definition) is 2. The number of pyridine rings is 1. The molecule has 3 aromatic rings. The number of carboxylic acids is 1. The van der Waals surface area contributed by atoms with Crippen LogP contribution in [0.3, 0.4) is 0 Å². The largest absolute Gasteiger partial charge is 1.00 e. The second-order valence-electron chi connectivity index (χ2n) is 7.20. The van der Waals surface area contributed by atoms with E-state index < -0.39 is 47.3 Å². The molecule has 0 spiro atoms. The van der Waals surface area contributed by atoms with Gasteiger partial charge in [-0.25, -0.2) is 9.18 Å². The van der Waals surface area contributed by atoms with Crippen molar-refractivity contribution in [1.29, 1.82) is 0 Å². The number of amides is 2. The van der Waals surface area contributed by atoms with Gasteiger partial charge < -0.3 is 34.9 Å². The number of rotatable bonds is 7. The van der Waals surface area contributed by atoms with Gasteiger partial charge in [-0.2, -0.15) is 0 Å². The van der Waals surface area contributed by atoms with E-state index in [1.165, 1.54) is 32.5 Å². The molecule has 0 saturated heterocycles. The summed E-state index contributed by atoms with van der Waals surface area (Å²) in [5, 5.41) is 27.8. The third-order valence-corrected chi connectivity index (χ3v) is 4.87. The van der Waals surface area contributed by atoms with E-state index in [9.17, 15) is 29.0 Å². The SMILES string of the molecule is COc1cccc(-c2cc(F)cc([C@H](CC(=O)[O-])NC(=O)Nc3c([O-])ccn(C)c3=O)c2)c1.[Na+].[Na+]. The van der Waals surface area contributed by atoms with E-state index in [4.69, 9.17) is 4.74 Å². The molecule has 9 nitrogen and oxygen atoms in total. The Morgan fingerprint density at radius 3 is 2.49 bits per heavy atom. The molecule has 0 saturated carbocycles. The second kappa shape index (κ2) is 13.7. The Bertz CT molecular complexity index is 1270. The Morgan fingerprint density at radius 1 is 1.11 bits per heavy atom. The summed E-state index contributed by atoms with van der Waals surface area (Å²) in [6.45, 7) is 0. The van der Waals surface area contributed by atoms with Crippen molar-refractivity contribution in [3.05, 3.63) is 76.5 Å². The van der Waals surface area contributed by atoms with Crippen molar-refractivity contribution in [2.45, 2.75) is 12.5 Å². The number of aromatic nitrogens is 1. The number of urea groups is 1. The summed E-state index contributed by atoms with van der Waals surface area (Å²) >= 11 is 0. The van der Waals surface area contributed by atoms with Crippen LogP contribution >= 0.6 is 0 Å². The van der Waals surface area contributed by atoms with Crippen molar-refractivity contribution in [3.63, 3.8) is 0 Å². The maximum absolute atomic E-state index is 14.4. The number of nitrogens with one attached hydrogen (secondary N) is 2. The van der Waals surface area contributed by atoms with Gasteiger partial charge in [0.25, 0.3) is 5.56 Å². The zero-order valence-electron chi connectivity index (χ0n) is 19.8. The number of benzene rings is 2. The van der Waals surface area contributed by atoms with Crippen molar-refractivity contribution < 1.29 is 88.0 Å². The minimum absolute atomic E-state index is 0. The smallest absolute Gasteiger partial charge is 0.871 e. The number of nitrogens with zero attached hydrogens (tertiary/aromatic N) is 1. The number of aryl methyl sites for hydroxylation is 1.